The van der Waals surface area contributed by atoms with Crippen LogP contribution >= 0.6 is 11.3 Å². The van der Waals surface area contributed by atoms with E-state index >= 15 is 0 Å². The Labute approximate surface area is 181 Å². The van der Waals surface area contributed by atoms with Crippen molar-refractivity contribution < 1.29 is 32.3 Å². The molecule has 0 bridgehead atoms. The average Bonchev–Trinajstić information content (AvgIpc) is 3.08. The van der Waals surface area contributed by atoms with E-state index in [1.165, 1.54) is 55.2 Å². The zero-order valence-corrected chi connectivity index (χ0v) is 18.5. The Morgan fingerprint density at radius 2 is 1.65 bits per heavy atom. The van der Waals surface area contributed by atoms with Gasteiger partial charge >= 0.3 is 11.9 Å². The van der Waals surface area contributed by atoms with E-state index in [2.05, 4.69) is 9.73 Å². The number of benzene rings is 2. The molecule has 0 radical (unpaired) electrons. The number of carbonyl (C=O) groups excluding carboxylic acids is 3. The smallest absolute Gasteiger partial charge is 0.337 e. The van der Waals surface area contributed by atoms with Crippen LogP contribution in [0.15, 0.2) is 52.4 Å². The number of nitrogens with zero attached hydrogens (tertiary/aromatic N) is 2. The van der Waals surface area contributed by atoms with Crippen LogP contribution in [-0.4, -0.2) is 51.3 Å². The van der Waals surface area contributed by atoms with Crippen LogP contribution in [0.1, 0.15) is 20.7 Å². The highest BCUT2D eigenvalue weighted by Crippen LogP contribution is 2.22. The van der Waals surface area contributed by atoms with Crippen LogP contribution in [0.4, 0.5) is 0 Å². The second-order valence-electron chi connectivity index (χ2n) is 6.43. The fraction of sp³-hybridized carbons (Fsp3) is 0.200. The average molecular weight is 463 g/mol. The number of fused-ring (bicyclic) bond motifs is 1. The number of ether oxygens (including phenoxy) is 2. The van der Waals surface area contributed by atoms with Crippen molar-refractivity contribution in [3.05, 3.63) is 58.4 Å². The van der Waals surface area contributed by atoms with Crippen molar-refractivity contribution in [2.45, 2.75) is 11.4 Å². The highest BCUT2D eigenvalue weighted by molar-refractivity contribution is 7.90. The lowest BCUT2D eigenvalue weighted by molar-refractivity contribution is -0.141. The van der Waals surface area contributed by atoms with E-state index in [1.807, 2.05) is 0 Å². The molecule has 1 aromatic heterocycles. The Hall–Kier alpha value is -3.31. The summed E-state index contributed by atoms with van der Waals surface area (Å²) in [4.78, 5) is 40.5. The van der Waals surface area contributed by atoms with E-state index < -0.39 is 27.7 Å². The lowest BCUT2D eigenvalue weighted by atomic mass is 10.1. The van der Waals surface area contributed by atoms with Crippen LogP contribution in [0.5, 0.6) is 0 Å². The van der Waals surface area contributed by atoms with Gasteiger partial charge in [0.15, 0.2) is 14.6 Å². The highest BCUT2D eigenvalue weighted by Gasteiger charge is 2.16. The molecule has 0 unspecified atom stereocenters. The second kappa shape index (κ2) is 8.82. The molecule has 0 N–H and O–H groups in total. The summed E-state index contributed by atoms with van der Waals surface area (Å²) in [6.07, 6.45) is 1.09. The maximum absolute atomic E-state index is 12.7. The van der Waals surface area contributed by atoms with Crippen LogP contribution in [0, 0.1) is 0 Å². The molecule has 1 heterocycles. The second-order valence-corrected chi connectivity index (χ2v) is 9.46. The Morgan fingerprint density at radius 1 is 1.00 bits per heavy atom. The van der Waals surface area contributed by atoms with Gasteiger partial charge in [0.1, 0.15) is 6.54 Å². The summed E-state index contributed by atoms with van der Waals surface area (Å²) >= 11 is 1.07. The molecule has 9 nitrogen and oxygen atoms in total. The van der Waals surface area contributed by atoms with Gasteiger partial charge in [-0.25, -0.2) is 13.2 Å². The van der Waals surface area contributed by atoms with E-state index in [1.54, 1.807) is 6.07 Å². The molecule has 0 aliphatic carbocycles. The van der Waals surface area contributed by atoms with Crippen LogP contribution in [0.3, 0.4) is 0 Å². The number of thiazole rings is 1. The Balaban J connectivity index is 2.11. The molecule has 0 saturated heterocycles. The fourth-order valence-corrected chi connectivity index (χ4v) is 4.52. The zero-order chi connectivity index (χ0) is 22.8. The standard InChI is InChI=1S/C20H18N2O7S2/c1-28-17(23)11-22-15-9-8-14(31(3,26)27)10-16(15)30-20(22)21-18(24)12-4-6-13(7-5-12)19(25)29-2/h4-10H,11H2,1-3H3. The first kappa shape index (κ1) is 22.4. The molecule has 11 heteroatoms. The van der Waals surface area contributed by atoms with Gasteiger partial charge in [-0.2, -0.15) is 4.99 Å². The van der Waals surface area contributed by atoms with Crippen molar-refractivity contribution in [1.82, 2.24) is 4.57 Å². The molecule has 0 spiro atoms. The topological polar surface area (TPSA) is 121 Å². The number of aromatic nitrogens is 1. The van der Waals surface area contributed by atoms with Gasteiger partial charge in [-0.15, -0.1) is 0 Å². The third-order valence-corrected chi connectivity index (χ3v) is 6.50. The number of sulfone groups is 1. The maximum atomic E-state index is 12.7. The number of hydrogen-bond acceptors (Lipinski definition) is 8. The van der Waals surface area contributed by atoms with Gasteiger partial charge in [0.25, 0.3) is 5.91 Å². The molecule has 0 fully saturated rings. The minimum absolute atomic E-state index is 0.114. The number of rotatable bonds is 5. The minimum atomic E-state index is -3.43. The Kier molecular flexibility index (Phi) is 6.37. The molecule has 0 aliphatic heterocycles. The first-order valence-electron chi connectivity index (χ1n) is 8.81. The number of amides is 1. The number of carbonyl (C=O) groups is 3. The molecule has 0 saturated carbocycles. The quantitative estimate of drug-likeness (QED) is 0.530. The summed E-state index contributed by atoms with van der Waals surface area (Å²) in [6.45, 7) is -0.206. The van der Waals surface area contributed by atoms with E-state index in [9.17, 15) is 22.8 Å². The normalized spacial score (nSPS) is 12.0. The molecule has 0 atom stereocenters. The predicted octanol–water partition coefficient (Wildman–Crippen LogP) is 1.81. The molecule has 1 amide bonds. The first-order valence-corrected chi connectivity index (χ1v) is 11.5. The Morgan fingerprint density at radius 3 is 2.23 bits per heavy atom. The van der Waals surface area contributed by atoms with Crippen molar-refractivity contribution in [1.29, 1.82) is 0 Å². The molecule has 3 rings (SSSR count). The van der Waals surface area contributed by atoms with Gasteiger partial charge in [0, 0.05) is 11.8 Å². The molecule has 0 aliphatic rings. The van der Waals surface area contributed by atoms with Crippen molar-refractivity contribution >= 4 is 49.2 Å². The monoisotopic (exact) mass is 462 g/mol. The van der Waals surface area contributed by atoms with E-state index in [4.69, 9.17) is 4.74 Å². The summed E-state index contributed by atoms with van der Waals surface area (Å²) in [5, 5.41) is 0. The van der Waals surface area contributed by atoms with E-state index in [0.717, 1.165) is 17.6 Å². The van der Waals surface area contributed by atoms with Crippen molar-refractivity contribution in [3.63, 3.8) is 0 Å². The molecule has 162 valence electrons. The first-order chi connectivity index (χ1) is 14.6. The van der Waals surface area contributed by atoms with Crippen molar-refractivity contribution in [2.24, 2.45) is 4.99 Å². The lowest BCUT2D eigenvalue weighted by Gasteiger charge is -2.04. The van der Waals surface area contributed by atoms with Gasteiger partial charge in [-0.1, -0.05) is 11.3 Å². The Bertz CT molecular complexity index is 1350. The van der Waals surface area contributed by atoms with Crippen LogP contribution in [0.25, 0.3) is 10.2 Å². The van der Waals surface area contributed by atoms with E-state index in [-0.39, 0.29) is 27.4 Å². The molecule has 31 heavy (non-hydrogen) atoms. The largest absolute Gasteiger partial charge is 0.468 e. The van der Waals surface area contributed by atoms with E-state index in [0.29, 0.717) is 10.2 Å². The predicted molar refractivity (Wildman–Crippen MR) is 113 cm³/mol. The van der Waals surface area contributed by atoms with Crippen molar-refractivity contribution in [2.75, 3.05) is 20.5 Å². The van der Waals surface area contributed by atoms with Gasteiger partial charge < -0.3 is 14.0 Å². The number of esters is 2. The summed E-state index contributed by atoms with van der Waals surface area (Å²) in [5.41, 5.74) is 1.05. The molecular weight excluding hydrogens is 444 g/mol. The number of hydrogen-bond donors (Lipinski definition) is 0. The summed E-state index contributed by atoms with van der Waals surface area (Å²) in [6, 6.07) is 10.2. The van der Waals surface area contributed by atoms with Gasteiger partial charge in [-0.05, 0) is 42.5 Å². The van der Waals surface area contributed by atoms with Crippen LogP contribution < -0.4 is 4.80 Å². The minimum Gasteiger partial charge on any atom is -0.468 e. The van der Waals surface area contributed by atoms with Crippen molar-refractivity contribution in [3.8, 4) is 0 Å². The number of methoxy groups -OCH3 is 2. The highest BCUT2D eigenvalue weighted by atomic mass is 32.2. The van der Waals surface area contributed by atoms with Gasteiger partial charge in [0.05, 0.1) is 34.9 Å². The fourth-order valence-electron chi connectivity index (χ4n) is 2.73. The third-order valence-electron chi connectivity index (χ3n) is 4.35. The molecular formula is C20H18N2O7S2. The SMILES string of the molecule is COC(=O)Cn1c(=NC(=O)c2ccc(C(=O)OC)cc2)sc2cc(S(C)(=O)=O)ccc21. The van der Waals surface area contributed by atoms with Gasteiger partial charge in [-0.3, -0.25) is 9.59 Å². The molecule has 2 aromatic carbocycles. The summed E-state index contributed by atoms with van der Waals surface area (Å²) in [7, 11) is -0.937. The zero-order valence-electron chi connectivity index (χ0n) is 16.8. The van der Waals surface area contributed by atoms with Gasteiger partial charge in [0.2, 0.25) is 0 Å². The van der Waals surface area contributed by atoms with Crippen LogP contribution in [0.2, 0.25) is 0 Å². The lowest BCUT2D eigenvalue weighted by Crippen LogP contribution is -2.22. The third kappa shape index (κ3) is 4.89. The maximum Gasteiger partial charge on any atom is 0.337 e. The summed E-state index contributed by atoms with van der Waals surface area (Å²) < 4.78 is 35.1. The van der Waals surface area contributed by atoms with Crippen LogP contribution in [-0.2, 0) is 30.7 Å². The molecule has 3 aromatic rings. The summed E-state index contributed by atoms with van der Waals surface area (Å²) in [5.74, 6) is -1.67.